The molecule has 148 valence electrons. The molecule has 6 nitrogen and oxygen atoms in total. The number of hydrogen-bond donors (Lipinski definition) is 0. The van der Waals surface area contributed by atoms with Crippen LogP contribution < -0.4 is 0 Å². The second-order valence-electron chi connectivity index (χ2n) is 9.44. The largest absolute Gasteiger partial charge is 0.339 e. The van der Waals surface area contributed by atoms with Gasteiger partial charge in [-0.25, -0.2) is 0 Å². The van der Waals surface area contributed by atoms with E-state index in [1.54, 1.807) is 16.7 Å². The van der Waals surface area contributed by atoms with Gasteiger partial charge >= 0.3 is 0 Å². The predicted molar refractivity (Wildman–Crippen MR) is 103 cm³/mol. The van der Waals surface area contributed by atoms with E-state index in [4.69, 9.17) is 0 Å². The first-order valence-electron chi connectivity index (χ1n) is 10.4. The van der Waals surface area contributed by atoms with Crippen LogP contribution in [0.5, 0.6) is 0 Å². The van der Waals surface area contributed by atoms with Crippen molar-refractivity contribution in [3.8, 4) is 0 Å². The SMILES string of the molecule is O=C(CN1CSCC1=O)N1CCN(C(=O)C23CC4CC(CC(C4)C2)C3)CC1. The third-order valence-electron chi connectivity index (χ3n) is 7.56. The van der Waals surface area contributed by atoms with Gasteiger partial charge in [-0.1, -0.05) is 0 Å². The van der Waals surface area contributed by atoms with Crippen LogP contribution in [0.15, 0.2) is 0 Å². The maximum Gasteiger partial charge on any atom is 0.242 e. The lowest BCUT2D eigenvalue weighted by Crippen LogP contribution is -2.59. The smallest absolute Gasteiger partial charge is 0.242 e. The summed E-state index contributed by atoms with van der Waals surface area (Å²) in [7, 11) is 0. The molecule has 3 amide bonds. The van der Waals surface area contributed by atoms with Crippen LogP contribution in [0.25, 0.3) is 0 Å². The van der Waals surface area contributed by atoms with Gasteiger partial charge in [-0.15, -0.1) is 11.8 Å². The summed E-state index contributed by atoms with van der Waals surface area (Å²) in [5.41, 5.74) is -0.0832. The molecule has 2 aliphatic heterocycles. The second-order valence-corrected chi connectivity index (χ2v) is 10.4. The average Bonchev–Trinajstić information content (AvgIpc) is 3.05. The van der Waals surface area contributed by atoms with E-state index in [1.165, 1.54) is 19.3 Å². The Labute approximate surface area is 165 Å². The van der Waals surface area contributed by atoms with E-state index in [0.717, 1.165) is 37.0 Å². The van der Waals surface area contributed by atoms with Crippen LogP contribution in [0.4, 0.5) is 0 Å². The number of rotatable bonds is 3. The number of carbonyl (C=O) groups is 3. The molecule has 4 saturated carbocycles. The Morgan fingerprint density at radius 2 is 1.48 bits per heavy atom. The molecular weight excluding hydrogens is 362 g/mol. The Morgan fingerprint density at radius 3 is 2.00 bits per heavy atom. The van der Waals surface area contributed by atoms with Gasteiger partial charge in [0.1, 0.15) is 6.54 Å². The Hall–Kier alpha value is -1.24. The fourth-order valence-corrected chi connectivity index (χ4v) is 7.57. The van der Waals surface area contributed by atoms with Gasteiger partial charge in [-0.05, 0) is 56.3 Å². The fraction of sp³-hybridized carbons (Fsp3) is 0.850. The molecule has 0 aromatic heterocycles. The van der Waals surface area contributed by atoms with Crippen molar-refractivity contribution in [3.63, 3.8) is 0 Å². The Kier molecular flexibility index (Phi) is 4.41. The molecule has 6 rings (SSSR count). The van der Waals surface area contributed by atoms with Crippen LogP contribution in [0.1, 0.15) is 38.5 Å². The summed E-state index contributed by atoms with van der Waals surface area (Å²) in [6.45, 7) is 2.69. The molecule has 27 heavy (non-hydrogen) atoms. The molecule has 2 saturated heterocycles. The van der Waals surface area contributed by atoms with Crippen molar-refractivity contribution in [2.45, 2.75) is 38.5 Å². The molecule has 0 radical (unpaired) electrons. The molecule has 6 fully saturated rings. The molecule has 0 N–H and O–H groups in total. The summed E-state index contributed by atoms with van der Waals surface area (Å²) in [5, 5.41) is 0. The molecule has 0 unspecified atom stereocenters. The first-order valence-corrected chi connectivity index (χ1v) is 11.6. The third kappa shape index (κ3) is 3.15. The average molecular weight is 392 g/mol. The minimum Gasteiger partial charge on any atom is -0.339 e. The number of thioether (sulfide) groups is 1. The molecule has 0 aromatic carbocycles. The maximum absolute atomic E-state index is 13.4. The van der Waals surface area contributed by atoms with E-state index in [2.05, 4.69) is 0 Å². The van der Waals surface area contributed by atoms with Gasteiger partial charge < -0.3 is 14.7 Å². The van der Waals surface area contributed by atoms with Crippen LogP contribution in [-0.2, 0) is 14.4 Å². The lowest BCUT2D eigenvalue weighted by molar-refractivity contribution is -0.160. The topological polar surface area (TPSA) is 60.9 Å². The van der Waals surface area contributed by atoms with Crippen molar-refractivity contribution in [3.05, 3.63) is 0 Å². The van der Waals surface area contributed by atoms with E-state index < -0.39 is 0 Å². The van der Waals surface area contributed by atoms with Gasteiger partial charge in [0.15, 0.2) is 0 Å². The summed E-state index contributed by atoms with van der Waals surface area (Å²) < 4.78 is 0. The summed E-state index contributed by atoms with van der Waals surface area (Å²) in [4.78, 5) is 43.2. The summed E-state index contributed by atoms with van der Waals surface area (Å²) in [6.07, 6.45) is 7.36. The highest BCUT2D eigenvalue weighted by atomic mass is 32.2. The molecule has 0 atom stereocenters. The Bertz CT molecular complexity index is 624. The number of hydrogen-bond acceptors (Lipinski definition) is 4. The van der Waals surface area contributed by atoms with E-state index in [1.807, 2.05) is 9.80 Å². The molecule has 4 bridgehead atoms. The normalized spacial score (nSPS) is 38.0. The first-order chi connectivity index (χ1) is 13.0. The van der Waals surface area contributed by atoms with Crippen molar-refractivity contribution >= 4 is 29.5 Å². The number of nitrogens with zero attached hydrogens (tertiary/aromatic N) is 3. The minimum atomic E-state index is -0.0832. The van der Waals surface area contributed by atoms with Crippen molar-refractivity contribution < 1.29 is 14.4 Å². The zero-order chi connectivity index (χ0) is 18.6. The van der Waals surface area contributed by atoms with Crippen molar-refractivity contribution in [2.24, 2.45) is 23.2 Å². The number of piperazine rings is 1. The highest BCUT2D eigenvalue weighted by Gasteiger charge is 2.55. The van der Waals surface area contributed by atoms with Crippen molar-refractivity contribution in [2.75, 3.05) is 44.4 Å². The fourth-order valence-electron chi connectivity index (χ4n) is 6.67. The second kappa shape index (κ2) is 6.68. The van der Waals surface area contributed by atoms with Crippen LogP contribution in [0.2, 0.25) is 0 Å². The molecule has 7 heteroatoms. The van der Waals surface area contributed by atoms with E-state index in [-0.39, 0.29) is 23.8 Å². The van der Waals surface area contributed by atoms with E-state index in [0.29, 0.717) is 43.7 Å². The summed E-state index contributed by atoms with van der Waals surface area (Å²) in [6, 6.07) is 0. The molecule has 4 aliphatic carbocycles. The zero-order valence-electron chi connectivity index (χ0n) is 15.9. The Balaban J connectivity index is 1.18. The number of carbonyl (C=O) groups excluding carboxylic acids is 3. The summed E-state index contributed by atoms with van der Waals surface area (Å²) in [5.74, 6) is 3.89. The van der Waals surface area contributed by atoms with Gasteiger partial charge in [0.2, 0.25) is 17.7 Å². The number of amides is 3. The third-order valence-corrected chi connectivity index (χ3v) is 8.51. The zero-order valence-corrected chi connectivity index (χ0v) is 16.7. The molecular formula is C20H29N3O3S. The minimum absolute atomic E-state index is 0.0211. The quantitative estimate of drug-likeness (QED) is 0.730. The molecule has 2 heterocycles. The lowest BCUT2D eigenvalue weighted by atomic mass is 9.49. The standard InChI is InChI=1S/C20H29N3O3S/c24-17(11-23-13-27-12-18(23)25)21-1-3-22(4-2-21)19(26)20-8-14-5-15(9-20)7-16(6-14)10-20/h14-16H,1-13H2. The van der Waals surface area contributed by atoms with E-state index in [9.17, 15) is 14.4 Å². The van der Waals surface area contributed by atoms with Crippen molar-refractivity contribution in [1.82, 2.24) is 14.7 Å². The van der Waals surface area contributed by atoms with Gasteiger partial charge in [0, 0.05) is 26.2 Å². The monoisotopic (exact) mass is 391 g/mol. The predicted octanol–water partition coefficient (Wildman–Crippen LogP) is 1.41. The van der Waals surface area contributed by atoms with E-state index >= 15 is 0 Å². The van der Waals surface area contributed by atoms with Crippen LogP contribution in [0.3, 0.4) is 0 Å². The van der Waals surface area contributed by atoms with Crippen molar-refractivity contribution in [1.29, 1.82) is 0 Å². The first kappa shape index (κ1) is 17.8. The molecule has 6 aliphatic rings. The highest BCUT2D eigenvalue weighted by Crippen LogP contribution is 2.60. The van der Waals surface area contributed by atoms with Crippen LogP contribution in [-0.4, -0.2) is 76.8 Å². The van der Waals surface area contributed by atoms with Gasteiger partial charge in [0.25, 0.3) is 0 Å². The van der Waals surface area contributed by atoms with Gasteiger partial charge in [0.05, 0.1) is 17.0 Å². The lowest BCUT2D eigenvalue weighted by Gasteiger charge is -2.57. The Morgan fingerprint density at radius 1 is 0.926 bits per heavy atom. The van der Waals surface area contributed by atoms with Gasteiger partial charge in [-0.2, -0.15) is 0 Å². The van der Waals surface area contributed by atoms with Crippen LogP contribution in [0, 0.1) is 23.2 Å². The van der Waals surface area contributed by atoms with Crippen LogP contribution >= 0.6 is 11.8 Å². The molecule has 0 aromatic rings. The van der Waals surface area contributed by atoms with Gasteiger partial charge in [-0.3, -0.25) is 14.4 Å². The highest BCUT2D eigenvalue weighted by molar-refractivity contribution is 8.00. The molecule has 0 spiro atoms. The maximum atomic E-state index is 13.4. The summed E-state index contributed by atoms with van der Waals surface area (Å²) >= 11 is 1.56.